The standard InChI is InChI=1S/C21H18FN7O/c22-15-7-9-17(10-8-15)26-21-28-19(24-13-14-6-11-18(30)23-12-14)27-20(29-21)25-16-4-2-1-3-5-16/h1-12H,13H2,(H,23,30)(H3,24,25,26,27,28,29). The number of nitrogens with zero attached hydrogens (tertiary/aromatic N) is 3. The number of nitrogens with one attached hydrogen (secondary N) is 4. The predicted octanol–water partition coefficient (Wildman–Crippen LogP) is 3.80. The van der Waals surface area contributed by atoms with Crippen LogP contribution in [0.2, 0.25) is 0 Å². The number of aromatic nitrogens is 4. The molecule has 0 bridgehead atoms. The van der Waals surface area contributed by atoms with Crippen molar-refractivity contribution in [2.24, 2.45) is 0 Å². The van der Waals surface area contributed by atoms with Crippen LogP contribution in [0.5, 0.6) is 0 Å². The third-order valence-electron chi connectivity index (χ3n) is 4.06. The van der Waals surface area contributed by atoms with Crippen molar-refractivity contribution in [2.45, 2.75) is 6.54 Å². The number of halogens is 1. The van der Waals surface area contributed by atoms with Crippen molar-refractivity contribution < 1.29 is 4.39 Å². The molecular weight excluding hydrogens is 385 g/mol. The van der Waals surface area contributed by atoms with E-state index in [9.17, 15) is 9.18 Å². The number of H-pyrrole nitrogens is 1. The SMILES string of the molecule is O=c1ccc(CNc2nc(Nc3ccccc3)nc(Nc3ccc(F)cc3)n2)c[nH]1. The summed E-state index contributed by atoms with van der Waals surface area (Å²) in [6.07, 6.45) is 1.62. The van der Waals surface area contributed by atoms with Gasteiger partial charge in [0.25, 0.3) is 0 Å². The smallest absolute Gasteiger partial charge is 0.247 e. The topological polar surface area (TPSA) is 108 Å². The van der Waals surface area contributed by atoms with Gasteiger partial charge in [-0.05, 0) is 42.0 Å². The van der Waals surface area contributed by atoms with Gasteiger partial charge in [-0.1, -0.05) is 24.3 Å². The lowest BCUT2D eigenvalue weighted by Crippen LogP contribution is -2.11. The summed E-state index contributed by atoms with van der Waals surface area (Å²) in [6.45, 7) is 0.404. The number of benzene rings is 2. The molecule has 0 spiro atoms. The second kappa shape index (κ2) is 8.82. The number of pyridine rings is 1. The van der Waals surface area contributed by atoms with Crippen molar-refractivity contribution in [3.05, 3.63) is 94.7 Å². The van der Waals surface area contributed by atoms with Crippen LogP contribution < -0.4 is 21.5 Å². The Morgan fingerprint density at radius 2 is 1.40 bits per heavy atom. The van der Waals surface area contributed by atoms with E-state index < -0.39 is 0 Å². The number of hydrogen-bond donors (Lipinski definition) is 4. The highest BCUT2D eigenvalue weighted by Crippen LogP contribution is 2.19. The first-order valence-corrected chi connectivity index (χ1v) is 9.16. The lowest BCUT2D eigenvalue weighted by molar-refractivity contribution is 0.628. The first-order valence-electron chi connectivity index (χ1n) is 9.16. The Morgan fingerprint density at radius 3 is 2.03 bits per heavy atom. The highest BCUT2D eigenvalue weighted by atomic mass is 19.1. The van der Waals surface area contributed by atoms with Gasteiger partial charge in [-0.2, -0.15) is 15.0 Å². The summed E-state index contributed by atoms with van der Waals surface area (Å²) in [5.74, 6) is 0.633. The molecule has 0 saturated heterocycles. The van der Waals surface area contributed by atoms with E-state index >= 15 is 0 Å². The van der Waals surface area contributed by atoms with E-state index in [1.54, 1.807) is 24.4 Å². The van der Waals surface area contributed by atoms with Crippen molar-refractivity contribution >= 4 is 29.2 Å². The van der Waals surface area contributed by atoms with Gasteiger partial charge in [0.2, 0.25) is 23.4 Å². The van der Waals surface area contributed by atoms with Crippen LogP contribution in [0.25, 0.3) is 0 Å². The lowest BCUT2D eigenvalue weighted by Gasteiger charge is -2.11. The van der Waals surface area contributed by atoms with Gasteiger partial charge >= 0.3 is 0 Å². The molecule has 0 aliphatic heterocycles. The van der Waals surface area contributed by atoms with Gasteiger partial charge in [0.15, 0.2) is 0 Å². The summed E-state index contributed by atoms with van der Waals surface area (Å²) < 4.78 is 13.2. The highest BCUT2D eigenvalue weighted by Gasteiger charge is 2.08. The third-order valence-corrected chi connectivity index (χ3v) is 4.06. The summed E-state index contributed by atoms with van der Waals surface area (Å²) in [5, 5.41) is 9.30. The van der Waals surface area contributed by atoms with E-state index in [-0.39, 0.29) is 11.4 Å². The quantitative estimate of drug-likeness (QED) is 0.372. The first kappa shape index (κ1) is 19.1. The van der Waals surface area contributed by atoms with Gasteiger partial charge in [0, 0.05) is 30.2 Å². The molecule has 0 amide bonds. The number of para-hydroxylation sites is 1. The third kappa shape index (κ3) is 5.16. The van der Waals surface area contributed by atoms with Gasteiger partial charge < -0.3 is 20.9 Å². The molecule has 0 fully saturated rings. The molecule has 0 radical (unpaired) electrons. The molecule has 30 heavy (non-hydrogen) atoms. The molecule has 0 aliphatic carbocycles. The summed E-state index contributed by atoms with van der Waals surface area (Å²) in [6, 6.07) is 18.6. The predicted molar refractivity (Wildman–Crippen MR) is 114 cm³/mol. The van der Waals surface area contributed by atoms with E-state index in [0.29, 0.717) is 30.1 Å². The Hall–Kier alpha value is -4.27. The van der Waals surface area contributed by atoms with Crippen LogP contribution in [-0.4, -0.2) is 19.9 Å². The van der Waals surface area contributed by atoms with Crippen LogP contribution in [0.3, 0.4) is 0 Å². The molecule has 9 heteroatoms. The fraction of sp³-hybridized carbons (Fsp3) is 0.0476. The Morgan fingerprint density at radius 1 is 0.767 bits per heavy atom. The van der Waals surface area contributed by atoms with Crippen LogP contribution in [-0.2, 0) is 6.54 Å². The average molecular weight is 403 g/mol. The van der Waals surface area contributed by atoms with Crippen LogP contribution in [0, 0.1) is 5.82 Å². The molecule has 4 N–H and O–H groups in total. The van der Waals surface area contributed by atoms with Gasteiger partial charge in [0.05, 0.1) is 0 Å². The highest BCUT2D eigenvalue weighted by molar-refractivity contribution is 5.59. The molecule has 150 valence electrons. The summed E-state index contributed by atoms with van der Waals surface area (Å²) in [7, 11) is 0. The lowest BCUT2D eigenvalue weighted by atomic mass is 10.3. The average Bonchev–Trinajstić information content (AvgIpc) is 2.76. The van der Waals surface area contributed by atoms with Gasteiger partial charge in [-0.3, -0.25) is 4.79 Å². The molecule has 2 aromatic heterocycles. The van der Waals surface area contributed by atoms with Crippen molar-refractivity contribution in [3.8, 4) is 0 Å². The summed E-state index contributed by atoms with van der Waals surface area (Å²) in [5.41, 5.74) is 2.16. The van der Waals surface area contributed by atoms with Crippen LogP contribution in [0.15, 0.2) is 77.7 Å². The Bertz CT molecular complexity index is 1160. The van der Waals surface area contributed by atoms with Gasteiger partial charge in [-0.15, -0.1) is 0 Å². The number of aromatic amines is 1. The molecule has 4 rings (SSSR count). The molecular formula is C21H18FN7O. The number of hydrogen-bond acceptors (Lipinski definition) is 7. The number of rotatable bonds is 7. The maximum absolute atomic E-state index is 13.2. The van der Waals surface area contributed by atoms with E-state index in [1.807, 2.05) is 30.3 Å². The molecule has 0 saturated carbocycles. The van der Waals surface area contributed by atoms with Gasteiger partial charge in [0.1, 0.15) is 5.82 Å². The number of anilines is 5. The fourth-order valence-electron chi connectivity index (χ4n) is 2.61. The van der Waals surface area contributed by atoms with Crippen molar-refractivity contribution in [3.63, 3.8) is 0 Å². The largest absolute Gasteiger partial charge is 0.350 e. The zero-order chi connectivity index (χ0) is 20.8. The molecule has 2 aromatic carbocycles. The Kier molecular flexibility index (Phi) is 5.61. The van der Waals surface area contributed by atoms with Crippen molar-refractivity contribution in [1.82, 2.24) is 19.9 Å². The van der Waals surface area contributed by atoms with E-state index in [1.165, 1.54) is 18.2 Å². The Labute approximate surface area is 171 Å². The second-order valence-corrected chi connectivity index (χ2v) is 6.34. The van der Waals surface area contributed by atoms with Crippen molar-refractivity contribution in [2.75, 3.05) is 16.0 Å². The van der Waals surface area contributed by atoms with Gasteiger partial charge in [-0.25, -0.2) is 4.39 Å². The summed E-state index contributed by atoms with van der Waals surface area (Å²) >= 11 is 0. The van der Waals surface area contributed by atoms with Crippen LogP contribution in [0.4, 0.5) is 33.6 Å². The second-order valence-electron chi connectivity index (χ2n) is 6.34. The minimum Gasteiger partial charge on any atom is -0.350 e. The minimum absolute atomic E-state index is 0.168. The molecule has 8 nitrogen and oxygen atoms in total. The fourth-order valence-corrected chi connectivity index (χ4v) is 2.61. The molecule has 4 aromatic rings. The zero-order valence-corrected chi connectivity index (χ0v) is 15.8. The molecule has 2 heterocycles. The molecule has 0 atom stereocenters. The van der Waals surface area contributed by atoms with E-state index in [4.69, 9.17) is 0 Å². The van der Waals surface area contributed by atoms with E-state index in [2.05, 4.69) is 35.9 Å². The van der Waals surface area contributed by atoms with E-state index in [0.717, 1.165) is 11.3 Å². The maximum Gasteiger partial charge on any atom is 0.247 e. The zero-order valence-electron chi connectivity index (χ0n) is 15.8. The first-order chi connectivity index (χ1) is 14.6. The maximum atomic E-state index is 13.2. The Balaban J connectivity index is 1.58. The normalized spacial score (nSPS) is 10.4. The molecule has 0 aliphatic rings. The van der Waals surface area contributed by atoms with Crippen molar-refractivity contribution in [1.29, 1.82) is 0 Å². The van der Waals surface area contributed by atoms with Crippen LogP contribution in [0.1, 0.15) is 5.56 Å². The monoisotopic (exact) mass is 403 g/mol. The minimum atomic E-state index is -0.328. The summed E-state index contributed by atoms with van der Waals surface area (Å²) in [4.78, 5) is 27.0. The van der Waals surface area contributed by atoms with Crippen LogP contribution >= 0.6 is 0 Å². The molecule has 0 unspecified atom stereocenters.